The van der Waals surface area contributed by atoms with Gasteiger partial charge in [-0.25, -0.2) is 4.39 Å². The van der Waals surface area contributed by atoms with Crippen LogP contribution in [0.4, 0.5) is 15.8 Å². The Kier molecular flexibility index (Phi) is 3.84. The van der Waals surface area contributed by atoms with Gasteiger partial charge in [-0.2, -0.15) is 0 Å². The normalized spacial score (nSPS) is 17.1. The highest BCUT2D eigenvalue weighted by Crippen LogP contribution is 2.31. The lowest BCUT2D eigenvalue weighted by Gasteiger charge is -2.19. The molecule has 0 spiro atoms. The van der Waals surface area contributed by atoms with Crippen LogP contribution in [0.3, 0.4) is 0 Å². The van der Waals surface area contributed by atoms with Gasteiger partial charge in [-0.3, -0.25) is 19.9 Å². The number of anilines is 1. The first-order valence-corrected chi connectivity index (χ1v) is 7.29. The molecule has 0 saturated carbocycles. The van der Waals surface area contributed by atoms with E-state index in [1.165, 1.54) is 29.2 Å². The zero-order valence-corrected chi connectivity index (χ0v) is 13.1. The van der Waals surface area contributed by atoms with E-state index >= 15 is 0 Å². The van der Waals surface area contributed by atoms with Gasteiger partial charge in [0.1, 0.15) is 11.9 Å². The second kappa shape index (κ2) is 5.84. The Labute approximate surface area is 137 Å². The summed E-state index contributed by atoms with van der Waals surface area (Å²) < 4.78 is 14.3. The summed E-state index contributed by atoms with van der Waals surface area (Å²) >= 11 is 0. The van der Waals surface area contributed by atoms with Gasteiger partial charge in [-0.15, -0.1) is 0 Å². The minimum atomic E-state index is -0.726. The summed E-state index contributed by atoms with van der Waals surface area (Å²) in [6, 6.07) is 9.43. The van der Waals surface area contributed by atoms with Crippen molar-refractivity contribution in [2.75, 3.05) is 11.9 Å². The molecule has 24 heavy (non-hydrogen) atoms. The Balaban J connectivity index is 2.32. The number of aliphatic imine (C=N–C) groups is 1. The van der Waals surface area contributed by atoms with E-state index in [-0.39, 0.29) is 22.9 Å². The molecule has 6 nitrogen and oxygen atoms in total. The van der Waals surface area contributed by atoms with Crippen molar-refractivity contribution in [1.29, 1.82) is 0 Å². The monoisotopic (exact) mass is 327 g/mol. The fraction of sp³-hybridized carbons (Fsp3) is 0.176. The third kappa shape index (κ3) is 2.54. The average molecular weight is 327 g/mol. The molecule has 0 fully saturated rings. The van der Waals surface area contributed by atoms with Gasteiger partial charge in [-0.05, 0) is 25.1 Å². The number of benzodiazepines with no additional fused rings is 1. The van der Waals surface area contributed by atoms with Gasteiger partial charge in [0.2, 0.25) is 0 Å². The summed E-state index contributed by atoms with van der Waals surface area (Å²) in [5.41, 5.74) is 1.10. The van der Waals surface area contributed by atoms with Crippen LogP contribution in [-0.2, 0) is 4.79 Å². The van der Waals surface area contributed by atoms with Crippen molar-refractivity contribution in [1.82, 2.24) is 0 Å². The smallest absolute Gasteiger partial charge is 0.270 e. The van der Waals surface area contributed by atoms with E-state index in [2.05, 4.69) is 4.99 Å². The van der Waals surface area contributed by atoms with E-state index in [9.17, 15) is 19.3 Å². The second-order valence-electron chi connectivity index (χ2n) is 5.49. The molecule has 2 aromatic carbocycles. The molecule has 2 aromatic rings. The van der Waals surface area contributed by atoms with Crippen molar-refractivity contribution in [3.8, 4) is 0 Å². The minimum absolute atomic E-state index is 0.145. The summed E-state index contributed by atoms with van der Waals surface area (Å²) in [5, 5.41) is 11.1. The topological polar surface area (TPSA) is 75.8 Å². The maximum Gasteiger partial charge on any atom is 0.270 e. The lowest BCUT2D eigenvalue weighted by atomic mass is 9.99. The molecule has 0 N–H and O–H groups in total. The number of fused-ring (bicyclic) bond motifs is 1. The Hall–Kier alpha value is -3.09. The van der Waals surface area contributed by atoms with E-state index < -0.39 is 16.8 Å². The summed E-state index contributed by atoms with van der Waals surface area (Å²) in [6.07, 6.45) is 0. The fourth-order valence-electron chi connectivity index (χ4n) is 2.71. The molecular weight excluding hydrogens is 313 g/mol. The zero-order chi connectivity index (χ0) is 17.4. The number of rotatable bonds is 2. The molecule has 0 radical (unpaired) electrons. The number of nitro groups is 1. The van der Waals surface area contributed by atoms with Crippen LogP contribution in [0, 0.1) is 15.9 Å². The molecule has 7 heteroatoms. The fourth-order valence-corrected chi connectivity index (χ4v) is 2.71. The largest absolute Gasteiger partial charge is 0.313 e. The highest BCUT2D eigenvalue weighted by Gasteiger charge is 2.29. The highest BCUT2D eigenvalue weighted by atomic mass is 19.1. The van der Waals surface area contributed by atoms with Crippen molar-refractivity contribution in [2.24, 2.45) is 4.99 Å². The number of nitro benzene ring substituents is 1. The summed E-state index contributed by atoms with van der Waals surface area (Å²) in [6.45, 7) is 1.61. The van der Waals surface area contributed by atoms with Crippen LogP contribution in [0.2, 0.25) is 0 Å². The molecule has 1 aliphatic rings. The average Bonchev–Trinajstić information content (AvgIpc) is 2.66. The molecule has 1 heterocycles. The van der Waals surface area contributed by atoms with Crippen molar-refractivity contribution in [3.63, 3.8) is 0 Å². The molecule has 0 bridgehead atoms. The number of benzene rings is 2. The van der Waals surface area contributed by atoms with Gasteiger partial charge < -0.3 is 4.90 Å². The highest BCUT2D eigenvalue weighted by molar-refractivity contribution is 6.20. The summed E-state index contributed by atoms with van der Waals surface area (Å²) in [7, 11) is 1.57. The van der Waals surface area contributed by atoms with Crippen molar-refractivity contribution >= 4 is 23.0 Å². The number of likely N-dealkylation sites (N-methyl/N-ethyl adjacent to an activating group) is 1. The Morgan fingerprint density at radius 2 is 1.92 bits per heavy atom. The lowest BCUT2D eigenvalue weighted by Crippen LogP contribution is -2.32. The number of carbonyl (C=O) groups is 1. The number of amides is 1. The number of nitrogens with zero attached hydrogens (tertiary/aromatic N) is 3. The second-order valence-corrected chi connectivity index (χ2v) is 5.49. The van der Waals surface area contributed by atoms with Crippen molar-refractivity contribution < 1.29 is 14.1 Å². The Morgan fingerprint density at radius 1 is 1.21 bits per heavy atom. The maximum absolute atomic E-state index is 14.3. The number of hydrogen-bond acceptors (Lipinski definition) is 4. The third-order valence-electron chi connectivity index (χ3n) is 3.95. The number of hydrogen-bond donors (Lipinski definition) is 0. The molecule has 1 aliphatic heterocycles. The molecule has 1 unspecified atom stereocenters. The van der Waals surface area contributed by atoms with Crippen LogP contribution in [0.5, 0.6) is 0 Å². The van der Waals surface area contributed by atoms with Gasteiger partial charge in [-0.1, -0.05) is 12.1 Å². The van der Waals surface area contributed by atoms with E-state index in [1.54, 1.807) is 32.2 Å². The first-order valence-electron chi connectivity index (χ1n) is 7.29. The van der Waals surface area contributed by atoms with Gasteiger partial charge in [0.25, 0.3) is 11.6 Å². The van der Waals surface area contributed by atoms with Crippen LogP contribution in [-0.4, -0.2) is 29.6 Å². The van der Waals surface area contributed by atoms with E-state index in [1.807, 2.05) is 0 Å². The standard InChI is InChI=1S/C17H14FN3O3/c1-10-17(22)20(2)15-8-7-11(21(23)24)9-13(15)16(19-10)12-5-3-4-6-14(12)18/h3-10H,1-2H3. The van der Waals surface area contributed by atoms with Crippen LogP contribution in [0.1, 0.15) is 18.1 Å². The SMILES string of the molecule is CC1N=C(c2ccccc2F)c2cc([N+](=O)[O-])ccc2N(C)C1=O. The van der Waals surface area contributed by atoms with Gasteiger partial charge >= 0.3 is 0 Å². The molecule has 122 valence electrons. The van der Waals surface area contributed by atoms with E-state index in [0.717, 1.165) is 0 Å². The third-order valence-corrected chi connectivity index (χ3v) is 3.95. The predicted molar refractivity (Wildman–Crippen MR) is 88.0 cm³/mol. The lowest BCUT2D eigenvalue weighted by molar-refractivity contribution is -0.384. The van der Waals surface area contributed by atoms with Crippen LogP contribution < -0.4 is 4.90 Å². The van der Waals surface area contributed by atoms with E-state index in [0.29, 0.717) is 11.3 Å². The summed E-state index contributed by atoms with van der Waals surface area (Å²) in [5.74, 6) is -0.769. The first kappa shape index (κ1) is 15.8. The van der Waals surface area contributed by atoms with Crippen LogP contribution in [0.25, 0.3) is 0 Å². The molecule has 1 atom stereocenters. The van der Waals surface area contributed by atoms with Gasteiger partial charge in [0, 0.05) is 30.3 Å². The predicted octanol–water partition coefficient (Wildman–Crippen LogP) is 2.94. The van der Waals surface area contributed by atoms with E-state index in [4.69, 9.17) is 0 Å². The van der Waals surface area contributed by atoms with Crippen molar-refractivity contribution in [2.45, 2.75) is 13.0 Å². The first-order chi connectivity index (χ1) is 11.4. The molecule has 1 amide bonds. The van der Waals surface area contributed by atoms with Crippen LogP contribution >= 0.6 is 0 Å². The van der Waals surface area contributed by atoms with Crippen LogP contribution in [0.15, 0.2) is 47.5 Å². The molecule has 0 saturated heterocycles. The van der Waals surface area contributed by atoms with Gasteiger partial charge in [0.05, 0.1) is 16.3 Å². The quantitative estimate of drug-likeness (QED) is 0.628. The molecule has 0 aromatic heterocycles. The number of non-ortho nitro benzene ring substituents is 1. The summed E-state index contributed by atoms with van der Waals surface area (Å²) in [4.78, 5) is 28.7. The van der Waals surface area contributed by atoms with Gasteiger partial charge in [0.15, 0.2) is 0 Å². The number of carbonyl (C=O) groups excluding carboxylic acids is 1. The minimum Gasteiger partial charge on any atom is -0.313 e. The molecule has 0 aliphatic carbocycles. The Bertz CT molecular complexity index is 879. The molecule has 3 rings (SSSR count). The Morgan fingerprint density at radius 3 is 2.58 bits per heavy atom. The maximum atomic E-state index is 14.3. The zero-order valence-electron chi connectivity index (χ0n) is 13.1. The number of halogens is 1. The van der Waals surface area contributed by atoms with Crippen molar-refractivity contribution in [3.05, 3.63) is 69.5 Å². The molecular formula is C17H14FN3O3.